The first-order chi connectivity index (χ1) is 21.5. The predicted molar refractivity (Wildman–Crippen MR) is 174 cm³/mol. The molecular weight excluding hydrogens is 576 g/mol. The zero-order chi connectivity index (χ0) is 33.6. The van der Waals surface area contributed by atoms with Gasteiger partial charge in [-0.3, -0.25) is 0 Å². The molecule has 2 atom stereocenters. The Morgan fingerprint density at radius 3 is 2.04 bits per heavy atom. The van der Waals surface area contributed by atoms with Crippen molar-refractivity contribution in [2.45, 2.75) is 97.1 Å². The summed E-state index contributed by atoms with van der Waals surface area (Å²) in [7, 11) is 6.29. The van der Waals surface area contributed by atoms with Crippen LogP contribution in [0, 0.1) is 11.3 Å². The van der Waals surface area contributed by atoms with Crippen LogP contribution < -0.4 is 33.7 Å². The van der Waals surface area contributed by atoms with Gasteiger partial charge in [0.25, 0.3) is 0 Å². The van der Waals surface area contributed by atoms with Crippen LogP contribution in [0.25, 0.3) is 0 Å². The molecule has 0 saturated heterocycles. The molecule has 10 nitrogen and oxygen atoms in total. The quantitative estimate of drug-likeness (QED) is 0.180. The second-order valence-electron chi connectivity index (χ2n) is 11.7. The molecule has 0 aliphatic carbocycles. The third-order valence-electron chi connectivity index (χ3n) is 7.40. The van der Waals surface area contributed by atoms with Gasteiger partial charge in [0.15, 0.2) is 23.0 Å². The molecule has 0 bridgehead atoms. The SMILES string of the molecule is CCCC(C#N)(CCC[C@@H](Cc1cc(OCC)c(OC)c(OC)c1OCC)NC(=O)OC(C)(C)C)c1ccc(OC)c(OC)c1. The Balaban J connectivity index is 2.50. The van der Waals surface area contributed by atoms with Crippen LogP contribution in [0.15, 0.2) is 24.3 Å². The number of rotatable bonds is 18. The van der Waals surface area contributed by atoms with Crippen LogP contribution in [0.3, 0.4) is 0 Å². The highest BCUT2D eigenvalue weighted by Crippen LogP contribution is 2.47. The van der Waals surface area contributed by atoms with Crippen molar-refractivity contribution < 1.29 is 38.0 Å². The molecule has 1 amide bonds. The number of carbonyl (C=O) groups excluding carboxylic acids is 1. The largest absolute Gasteiger partial charge is 0.493 e. The molecule has 2 aromatic rings. The van der Waals surface area contributed by atoms with E-state index < -0.39 is 17.1 Å². The first kappa shape index (κ1) is 37.2. The van der Waals surface area contributed by atoms with E-state index in [0.717, 1.165) is 17.5 Å². The summed E-state index contributed by atoms with van der Waals surface area (Å²) in [6.45, 7) is 12.2. The Morgan fingerprint density at radius 1 is 0.844 bits per heavy atom. The van der Waals surface area contributed by atoms with Crippen LogP contribution in [0.4, 0.5) is 4.79 Å². The zero-order valence-corrected chi connectivity index (χ0v) is 28.8. The molecule has 0 heterocycles. The predicted octanol–water partition coefficient (Wildman–Crippen LogP) is 7.39. The molecule has 0 aliphatic heterocycles. The second kappa shape index (κ2) is 17.5. The van der Waals surface area contributed by atoms with Crippen molar-refractivity contribution >= 4 is 6.09 Å². The standard InChI is InChI=1S/C35H52N2O8/c1-11-18-35(23-36,25-16-17-27(39-7)28(22-25)40-8)19-14-15-26(37-33(38)45-34(4,5)6)20-24-21-29(43-12-2)31(41-9)32(42-10)30(24)44-13-3/h16-17,21-22,26H,11-15,18-20H2,1-10H3,(H,37,38)/t26-,35?/m0/s1. The summed E-state index contributed by atoms with van der Waals surface area (Å²) in [5.41, 5.74) is 0.258. The molecule has 0 aliphatic rings. The highest BCUT2D eigenvalue weighted by Gasteiger charge is 2.33. The minimum atomic E-state index is -0.743. The van der Waals surface area contributed by atoms with E-state index in [4.69, 9.17) is 33.2 Å². The first-order valence-corrected chi connectivity index (χ1v) is 15.6. The van der Waals surface area contributed by atoms with Crippen molar-refractivity contribution in [3.63, 3.8) is 0 Å². The number of alkyl carbamates (subject to hydrolysis) is 1. The monoisotopic (exact) mass is 628 g/mol. The smallest absolute Gasteiger partial charge is 0.407 e. The average molecular weight is 629 g/mol. The van der Waals surface area contributed by atoms with Crippen molar-refractivity contribution in [2.75, 3.05) is 41.7 Å². The molecule has 250 valence electrons. The number of ether oxygens (including phenoxy) is 7. The molecule has 0 fully saturated rings. The van der Waals surface area contributed by atoms with Gasteiger partial charge in [0.1, 0.15) is 5.60 Å². The van der Waals surface area contributed by atoms with Crippen molar-refractivity contribution in [1.82, 2.24) is 5.32 Å². The molecule has 0 aromatic heterocycles. The van der Waals surface area contributed by atoms with E-state index in [-0.39, 0.29) is 6.04 Å². The number of carbonyl (C=O) groups is 1. The van der Waals surface area contributed by atoms with E-state index in [1.807, 2.05) is 58.9 Å². The first-order valence-electron chi connectivity index (χ1n) is 15.6. The van der Waals surface area contributed by atoms with Crippen LogP contribution in [0.5, 0.6) is 34.5 Å². The maximum atomic E-state index is 13.0. The van der Waals surface area contributed by atoms with E-state index in [0.29, 0.717) is 79.8 Å². The summed E-state index contributed by atoms with van der Waals surface area (Å²) in [5, 5.41) is 13.6. The fourth-order valence-electron chi connectivity index (χ4n) is 5.51. The molecule has 0 radical (unpaired) electrons. The molecule has 2 rings (SSSR count). The van der Waals surface area contributed by atoms with E-state index in [9.17, 15) is 10.1 Å². The van der Waals surface area contributed by atoms with E-state index in [1.165, 1.54) is 0 Å². The molecule has 2 aromatic carbocycles. The normalized spacial score (nSPS) is 13.1. The summed E-state index contributed by atoms with van der Waals surface area (Å²) >= 11 is 0. The minimum Gasteiger partial charge on any atom is -0.493 e. The summed E-state index contributed by atoms with van der Waals surface area (Å²) in [6.07, 6.45) is 3.18. The fraction of sp³-hybridized carbons (Fsp3) is 0.600. The fourth-order valence-corrected chi connectivity index (χ4v) is 5.51. The van der Waals surface area contributed by atoms with Gasteiger partial charge >= 0.3 is 6.09 Å². The van der Waals surface area contributed by atoms with Gasteiger partial charge in [0.2, 0.25) is 11.5 Å². The maximum absolute atomic E-state index is 13.0. The molecule has 0 spiro atoms. The number of hydrogen-bond donors (Lipinski definition) is 1. The van der Waals surface area contributed by atoms with Crippen molar-refractivity contribution in [3.05, 3.63) is 35.4 Å². The third kappa shape index (κ3) is 10.0. The van der Waals surface area contributed by atoms with Crippen molar-refractivity contribution in [2.24, 2.45) is 0 Å². The van der Waals surface area contributed by atoms with Gasteiger partial charge in [-0.05, 0) is 90.5 Å². The third-order valence-corrected chi connectivity index (χ3v) is 7.40. The number of nitrogens with one attached hydrogen (secondary N) is 1. The molecular formula is C35H52N2O8. The van der Waals surface area contributed by atoms with Crippen LogP contribution in [-0.2, 0) is 16.6 Å². The molecule has 1 N–H and O–H groups in total. The van der Waals surface area contributed by atoms with E-state index in [2.05, 4.69) is 18.3 Å². The lowest BCUT2D eigenvalue weighted by Gasteiger charge is -2.29. The Kier molecular flexibility index (Phi) is 14.4. The summed E-state index contributed by atoms with van der Waals surface area (Å²) in [4.78, 5) is 13.0. The minimum absolute atomic E-state index is 0.352. The molecule has 0 saturated carbocycles. The number of nitriles is 1. The van der Waals surface area contributed by atoms with E-state index >= 15 is 0 Å². The van der Waals surface area contributed by atoms with Crippen LogP contribution >= 0.6 is 0 Å². The van der Waals surface area contributed by atoms with Crippen molar-refractivity contribution in [1.29, 1.82) is 5.26 Å². The number of hydrogen-bond acceptors (Lipinski definition) is 9. The van der Waals surface area contributed by atoms with Gasteiger partial charge in [-0.2, -0.15) is 5.26 Å². The van der Waals surface area contributed by atoms with E-state index in [1.54, 1.807) is 28.4 Å². The van der Waals surface area contributed by atoms with Gasteiger partial charge in [-0.25, -0.2) is 4.79 Å². The number of amides is 1. The lowest BCUT2D eigenvalue weighted by atomic mass is 9.74. The van der Waals surface area contributed by atoms with Gasteiger partial charge in [-0.15, -0.1) is 0 Å². The van der Waals surface area contributed by atoms with Crippen LogP contribution in [0.2, 0.25) is 0 Å². The molecule has 10 heteroatoms. The Hall–Kier alpha value is -4.00. The second-order valence-corrected chi connectivity index (χ2v) is 11.7. The molecule has 1 unspecified atom stereocenters. The summed E-state index contributed by atoms with van der Waals surface area (Å²) in [5.74, 6) is 3.10. The number of methoxy groups -OCH3 is 4. The van der Waals surface area contributed by atoms with Gasteiger partial charge in [0, 0.05) is 11.6 Å². The average Bonchev–Trinajstić information content (AvgIpc) is 3.00. The maximum Gasteiger partial charge on any atom is 0.407 e. The van der Waals surface area contributed by atoms with Crippen LogP contribution in [0.1, 0.15) is 84.8 Å². The van der Waals surface area contributed by atoms with Gasteiger partial charge < -0.3 is 38.5 Å². The zero-order valence-electron chi connectivity index (χ0n) is 28.8. The lowest BCUT2D eigenvalue weighted by molar-refractivity contribution is 0.0500. The van der Waals surface area contributed by atoms with Crippen molar-refractivity contribution in [3.8, 4) is 40.6 Å². The Morgan fingerprint density at radius 2 is 1.51 bits per heavy atom. The topological polar surface area (TPSA) is 118 Å². The Labute approximate surface area is 269 Å². The lowest BCUT2D eigenvalue weighted by Crippen LogP contribution is -2.40. The van der Waals surface area contributed by atoms with Crippen LogP contribution in [-0.4, -0.2) is 59.4 Å². The Bertz CT molecular complexity index is 1280. The highest BCUT2D eigenvalue weighted by atomic mass is 16.6. The summed E-state index contributed by atoms with van der Waals surface area (Å²) in [6, 6.07) is 9.80. The van der Waals surface area contributed by atoms with Gasteiger partial charge in [-0.1, -0.05) is 19.4 Å². The summed E-state index contributed by atoms with van der Waals surface area (Å²) < 4.78 is 39.9. The number of nitrogens with zero attached hydrogens (tertiary/aromatic N) is 1. The number of benzene rings is 2. The highest BCUT2D eigenvalue weighted by molar-refractivity contribution is 5.68. The molecule has 45 heavy (non-hydrogen) atoms. The van der Waals surface area contributed by atoms with Gasteiger partial charge in [0.05, 0.1) is 53.1 Å².